The lowest BCUT2D eigenvalue weighted by Gasteiger charge is -2.29. The zero-order chi connectivity index (χ0) is 20.1. The van der Waals surface area contributed by atoms with Gasteiger partial charge in [-0.15, -0.1) is 12.4 Å². The van der Waals surface area contributed by atoms with Gasteiger partial charge in [0.2, 0.25) is 5.91 Å². The molecule has 0 saturated heterocycles. The molecule has 0 spiro atoms. The zero-order valence-electron chi connectivity index (χ0n) is 16.6. The zero-order valence-corrected chi connectivity index (χ0v) is 17.4. The third-order valence-electron chi connectivity index (χ3n) is 4.86. The summed E-state index contributed by atoms with van der Waals surface area (Å²) in [5, 5.41) is 7.23. The van der Waals surface area contributed by atoms with E-state index in [1.165, 1.54) is 12.1 Å². The third-order valence-corrected chi connectivity index (χ3v) is 4.86. The molecule has 0 fully saturated rings. The van der Waals surface area contributed by atoms with Gasteiger partial charge in [-0.3, -0.25) is 9.89 Å². The lowest BCUT2D eigenvalue weighted by atomic mass is 9.91. The number of nitrogens with one attached hydrogen (secondary N) is 1. The number of aryl methyl sites for hydroxylation is 1. The molecule has 0 aliphatic rings. The Labute approximate surface area is 176 Å². The predicted molar refractivity (Wildman–Crippen MR) is 115 cm³/mol. The van der Waals surface area contributed by atoms with Crippen molar-refractivity contribution in [3.05, 3.63) is 77.7 Å². The van der Waals surface area contributed by atoms with E-state index in [0.29, 0.717) is 12.2 Å². The normalized spacial score (nSPS) is 12.7. The Kier molecular flexibility index (Phi) is 7.53. The van der Waals surface area contributed by atoms with Crippen LogP contribution in [0.3, 0.4) is 0 Å². The van der Waals surface area contributed by atoms with Crippen LogP contribution in [0.1, 0.15) is 24.6 Å². The predicted octanol–water partition coefficient (Wildman–Crippen LogP) is 3.90. The number of aromatic amines is 1. The fourth-order valence-corrected chi connectivity index (χ4v) is 3.20. The standard InChI is InChI=1S/C22H25FN4O.ClH/c1-22(24,17-9-4-3-5-10-17)21(28)27(2)13-7-12-19-15-20(26-25-19)16-8-6-11-18(23)14-16;/h3-6,8-11,14-15H,7,12-13,24H2,1-2H3,(H,25,26);1H. The summed E-state index contributed by atoms with van der Waals surface area (Å²) in [5.41, 5.74) is 8.42. The fraction of sp³-hybridized carbons (Fsp3) is 0.273. The van der Waals surface area contributed by atoms with Crippen LogP contribution < -0.4 is 5.73 Å². The number of amides is 1. The summed E-state index contributed by atoms with van der Waals surface area (Å²) in [6.45, 7) is 2.31. The molecule has 3 rings (SSSR count). The summed E-state index contributed by atoms with van der Waals surface area (Å²) >= 11 is 0. The van der Waals surface area contributed by atoms with Crippen molar-refractivity contribution in [3.8, 4) is 11.3 Å². The molecule has 154 valence electrons. The van der Waals surface area contributed by atoms with Crippen LogP contribution in [0.2, 0.25) is 0 Å². The molecule has 5 nitrogen and oxygen atoms in total. The molecule has 1 atom stereocenters. The van der Waals surface area contributed by atoms with E-state index in [2.05, 4.69) is 10.2 Å². The first kappa shape index (κ1) is 22.6. The molecule has 2 aromatic carbocycles. The molecule has 1 unspecified atom stereocenters. The van der Waals surface area contributed by atoms with Crippen molar-refractivity contribution < 1.29 is 9.18 Å². The van der Waals surface area contributed by atoms with E-state index >= 15 is 0 Å². The molecule has 29 heavy (non-hydrogen) atoms. The Bertz CT molecular complexity index is 943. The number of H-pyrrole nitrogens is 1. The Morgan fingerprint density at radius 3 is 2.59 bits per heavy atom. The molecule has 3 aromatic rings. The first-order valence-corrected chi connectivity index (χ1v) is 9.28. The van der Waals surface area contributed by atoms with Gasteiger partial charge in [0, 0.05) is 24.8 Å². The topological polar surface area (TPSA) is 75.0 Å². The lowest BCUT2D eigenvalue weighted by Crippen LogP contribution is -2.49. The molecule has 1 aromatic heterocycles. The quantitative estimate of drug-likeness (QED) is 0.613. The summed E-state index contributed by atoms with van der Waals surface area (Å²) < 4.78 is 13.4. The molecular formula is C22H26ClFN4O. The van der Waals surface area contributed by atoms with E-state index in [-0.39, 0.29) is 24.1 Å². The highest BCUT2D eigenvalue weighted by atomic mass is 35.5. The molecule has 0 saturated carbocycles. The molecule has 0 aliphatic heterocycles. The van der Waals surface area contributed by atoms with E-state index in [0.717, 1.165) is 29.7 Å². The summed E-state index contributed by atoms with van der Waals surface area (Å²) in [7, 11) is 1.77. The van der Waals surface area contributed by atoms with Crippen LogP contribution in [0.4, 0.5) is 4.39 Å². The minimum atomic E-state index is -1.06. The van der Waals surface area contributed by atoms with Gasteiger partial charge in [0.25, 0.3) is 0 Å². The number of likely N-dealkylation sites (N-methyl/N-ethyl adjacent to an activating group) is 1. The molecular weight excluding hydrogens is 391 g/mol. The van der Waals surface area contributed by atoms with E-state index in [9.17, 15) is 9.18 Å². The van der Waals surface area contributed by atoms with Gasteiger partial charge in [-0.1, -0.05) is 42.5 Å². The van der Waals surface area contributed by atoms with Gasteiger partial charge in [0.15, 0.2) is 0 Å². The highest BCUT2D eigenvalue weighted by Gasteiger charge is 2.32. The molecule has 3 N–H and O–H groups in total. The molecule has 0 bridgehead atoms. The Morgan fingerprint density at radius 2 is 1.90 bits per heavy atom. The SMILES string of the molecule is CN(CCCc1cc(-c2cccc(F)c2)n[nH]1)C(=O)C(C)(N)c1ccccc1.Cl. The summed E-state index contributed by atoms with van der Waals surface area (Å²) in [6.07, 6.45) is 1.49. The van der Waals surface area contributed by atoms with Crippen LogP contribution in [-0.4, -0.2) is 34.6 Å². The van der Waals surface area contributed by atoms with Gasteiger partial charge in [-0.05, 0) is 43.5 Å². The van der Waals surface area contributed by atoms with Crippen LogP contribution in [-0.2, 0) is 16.8 Å². The number of aromatic nitrogens is 2. The van der Waals surface area contributed by atoms with Crippen LogP contribution >= 0.6 is 12.4 Å². The van der Waals surface area contributed by atoms with Crippen molar-refractivity contribution in [2.24, 2.45) is 5.73 Å². The van der Waals surface area contributed by atoms with Crippen LogP contribution in [0.5, 0.6) is 0 Å². The highest BCUT2D eigenvalue weighted by Crippen LogP contribution is 2.21. The van der Waals surface area contributed by atoms with Crippen molar-refractivity contribution >= 4 is 18.3 Å². The van der Waals surface area contributed by atoms with Crippen molar-refractivity contribution in [2.75, 3.05) is 13.6 Å². The maximum Gasteiger partial charge on any atom is 0.246 e. The number of carbonyl (C=O) groups is 1. The van der Waals surface area contributed by atoms with E-state index in [1.807, 2.05) is 42.5 Å². The summed E-state index contributed by atoms with van der Waals surface area (Å²) in [4.78, 5) is 14.4. The number of carbonyl (C=O) groups excluding carboxylic acids is 1. The maximum atomic E-state index is 13.4. The van der Waals surface area contributed by atoms with Gasteiger partial charge in [-0.25, -0.2) is 4.39 Å². The number of hydrogen-bond acceptors (Lipinski definition) is 3. The van der Waals surface area contributed by atoms with Gasteiger partial charge in [0.1, 0.15) is 11.4 Å². The molecule has 0 aliphatic carbocycles. The minimum Gasteiger partial charge on any atom is -0.344 e. The van der Waals surface area contributed by atoms with E-state index in [4.69, 9.17) is 5.73 Å². The van der Waals surface area contributed by atoms with Crippen molar-refractivity contribution in [1.29, 1.82) is 0 Å². The number of halogens is 2. The Balaban J connectivity index is 0.00000300. The monoisotopic (exact) mass is 416 g/mol. The van der Waals surface area contributed by atoms with E-state index < -0.39 is 5.54 Å². The second-order valence-corrected chi connectivity index (χ2v) is 7.19. The summed E-state index contributed by atoms with van der Waals surface area (Å²) in [5.74, 6) is -0.408. The van der Waals surface area contributed by atoms with Crippen LogP contribution in [0, 0.1) is 5.82 Å². The number of nitrogens with two attached hydrogens (primary N) is 1. The number of nitrogens with zero attached hydrogens (tertiary/aromatic N) is 2. The van der Waals surface area contributed by atoms with Crippen molar-refractivity contribution in [2.45, 2.75) is 25.3 Å². The average Bonchev–Trinajstić information content (AvgIpc) is 3.17. The van der Waals surface area contributed by atoms with Gasteiger partial charge in [0.05, 0.1) is 5.69 Å². The highest BCUT2D eigenvalue weighted by molar-refractivity contribution is 5.86. The smallest absolute Gasteiger partial charge is 0.246 e. The first-order valence-electron chi connectivity index (χ1n) is 9.28. The maximum absolute atomic E-state index is 13.4. The molecule has 0 radical (unpaired) electrons. The number of hydrogen-bond donors (Lipinski definition) is 2. The number of benzene rings is 2. The lowest BCUT2D eigenvalue weighted by molar-refractivity contribution is -0.135. The van der Waals surface area contributed by atoms with Gasteiger partial charge in [-0.2, -0.15) is 5.10 Å². The second kappa shape index (κ2) is 9.67. The Morgan fingerprint density at radius 1 is 1.17 bits per heavy atom. The van der Waals surface area contributed by atoms with Crippen molar-refractivity contribution in [3.63, 3.8) is 0 Å². The molecule has 7 heteroatoms. The fourth-order valence-electron chi connectivity index (χ4n) is 3.20. The number of rotatable bonds is 7. The van der Waals surface area contributed by atoms with Gasteiger partial charge < -0.3 is 10.6 Å². The van der Waals surface area contributed by atoms with Crippen molar-refractivity contribution in [1.82, 2.24) is 15.1 Å². The molecule has 1 amide bonds. The minimum absolute atomic E-state index is 0. The van der Waals surface area contributed by atoms with Crippen LogP contribution in [0.25, 0.3) is 11.3 Å². The molecule has 1 heterocycles. The first-order chi connectivity index (χ1) is 13.4. The van der Waals surface area contributed by atoms with Gasteiger partial charge >= 0.3 is 0 Å². The largest absolute Gasteiger partial charge is 0.344 e. The third kappa shape index (κ3) is 5.43. The second-order valence-electron chi connectivity index (χ2n) is 7.19. The van der Waals surface area contributed by atoms with Crippen LogP contribution in [0.15, 0.2) is 60.7 Å². The summed E-state index contributed by atoms with van der Waals surface area (Å²) in [6, 6.07) is 17.6. The average molecular weight is 417 g/mol. The Hall–Kier alpha value is -2.70. The van der Waals surface area contributed by atoms with E-state index in [1.54, 1.807) is 24.9 Å².